The molecule has 6 heteroatoms. The molecule has 0 saturated carbocycles. The lowest BCUT2D eigenvalue weighted by molar-refractivity contribution is 0.257. The maximum Gasteiger partial charge on any atom is 0.145 e. The molecule has 0 saturated heterocycles. The summed E-state index contributed by atoms with van der Waals surface area (Å²) in [5.74, 6) is 1.87. The molecule has 0 spiro atoms. The van der Waals surface area contributed by atoms with Gasteiger partial charge in [0.25, 0.3) is 0 Å². The quantitative estimate of drug-likeness (QED) is 0.182. The lowest BCUT2D eigenvalue weighted by Crippen LogP contribution is -2.46. The van der Waals surface area contributed by atoms with Gasteiger partial charge in [0.15, 0.2) is 0 Å². The number of benzene rings is 7. The third kappa shape index (κ3) is 5.47. The molecule has 2 atom stereocenters. The van der Waals surface area contributed by atoms with Gasteiger partial charge in [0.05, 0.1) is 16.7 Å². The first-order chi connectivity index (χ1) is 26.7. The van der Waals surface area contributed by atoms with Crippen LogP contribution >= 0.6 is 0 Å². The van der Waals surface area contributed by atoms with Crippen molar-refractivity contribution in [3.05, 3.63) is 192 Å². The first kappa shape index (κ1) is 31.9. The Morgan fingerprint density at radius 2 is 1.24 bits per heavy atom. The number of aliphatic imine (C=N–C) groups is 1. The van der Waals surface area contributed by atoms with Gasteiger partial charge in [0.2, 0.25) is 0 Å². The first-order valence-corrected chi connectivity index (χ1v) is 18.5. The molecule has 1 aromatic heterocycles. The Hall–Kier alpha value is -6.76. The van der Waals surface area contributed by atoms with Crippen LogP contribution in [0.4, 0.5) is 5.69 Å². The van der Waals surface area contributed by atoms with Crippen LogP contribution in [0.3, 0.4) is 0 Å². The fourth-order valence-electron chi connectivity index (χ4n) is 8.09. The third-order valence-corrected chi connectivity index (χ3v) is 10.6. The third-order valence-electron chi connectivity index (χ3n) is 10.6. The predicted octanol–water partition coefficient (Wildman–Crippen LogP) is 10.6. The van der Waals surface area contributed by atoms with Crippen LogP contribution in [0.1, 0.15) is 34.6 Å². The zero-order valence-corrected chi connectivity index (χ0v) is 29.9. The molecule has 3 heterocycles. The van der Waals surface area contributed by atoms with E-state index in [1.54, 1.807) is 0 Å². The first-order valence-electron chi connectivity index (χ1n) is 18.5. The SMILES string of the molecule is CN1C(c2ccccc2)=NC(c2cccc(-c3cccc(-n4c(-c5ccccc5)nc5c6ccccc6c6c(c54)C=CCN6)c3)c2)NC1c1ccccc1. The molecule has 0 aliphatic carbocycles. The summed E-state index contributed by atoms with van der Waals surface area (Å²) in [6, 6.07) is 57.9. The fourth-order valence-corrected chi connectivity index (χ4v) is 8.09. The highest BCUT2D eigenvalue weighted by atomic mass is 15.4. The minimum absolute atomic E-state index is 0.0487. The number of nitrogens with zero attached hydrogens (tertiary/aromatic N) is 4. The Morgan fingerprint density at radius 1 is 0.611 bits per heavy atom. The van der Waals surface area contributed by atoms with E-state index in [9.17, 15) is 0 Å². The second-order valence-electron chi connectivity index (χ2n) is 13.9. The summed E-state index contributed by atoms with van der Waals surface area (Å²) in [4.78, 5) is 13.0. The smallest absolute Gasteiger partial charge is 0.145 e. The van der Waals surface area contributed by atoms with Crippen molar-refractivity contribution < 1.29 is 0 Å². The van der Waals surface area contributed by atoms with E-state index in [1.807, 2.05) is 0 Å². The Bertz CT molecular complexity index is 2710. The fraction of sp³-hybridized carbons (Fsp3) is 0.0833. The number of imidazole rings is 1. The Morgan fingerprint density at radius 3 is 2.02 bits per heavy atom. The van der Waals surface area contributed by atoms with Crippen LogP contribution in [0.5, 0.6) is 0 Å². The molecule has 260 valence electrons. The Kier molecular flexibility index (Phi) is 7.89. The molecule has 0 bridgehead atoms. The van der Waals surface area contributed by atoms with E-state index < -0.39 is 0 Å². The highest BCUT2D eigenvalue weighted by Crippen LogP contribution is 2.42. The van der Waals surface area contributed by atoms with Gasteiger partial charge in [0, 0.05) is 46.7 Å². The van der Waals surface area contributed by atoms with Crippen molar-refractivity contribution >= 4 is 39.4 Å². The van der Waals surface area contributed by atoms with Gasteiger partial charge < -0.3 is 10.2 Å². The van der Waals surface area contributed by atoms with Crippen molar-refractivity contribution in [1.29, 1.82) is 0 Å². The van der Waals surface area contributed by atoms with Crippen molar-refractivity contribution in [3.8, 4) is 28.2 Å². The average molecular weight is 699 g/mol. The highest BCUT2D eigenvalue weighted by Gasteiger charge is 2.30. The number of amidine groups is 1. The highest BCUT2D eigenvalue weighted by molar-refractivity contribution is 6.16. The van der Waals surface area contributed by atoms with Crippen molar-refractivity contribution in [3.63, 3.8) is 0 Å². The maximum absolute atomic E-state index is 5.42. The van der Waals surface area contributed by atoms with Gasteiger partial charge in [-0.1, -0.05) is 158 Å². The van der Waals surface area contributed by atoms with Crippen LogP contribution < -0.4 is 10.6 Å². The minimum Gasteiger partial charge on any atom is -0.381 e. The average Bonchev–Trinajstić information content (AvgIpc) is 3.66. The molecule has 2 unspecified atom stereocenters. The molecular weight excluding hydrogens is 661 g/mol. The molecule has 10 rings (SSSR count). The molecule has 7 aromatic carbocycles. The standard InChI is InChI=1S/C48H38N6/c1-53-46(32-16-5-2-6-17-32)51-45(52-47(53)33-18-7-3-8-19-33)37-24-13-22-35(30-37)36-23-14-25-38(31-36)54-44-41-28-15-29-49-42(41)39-26-11-12-27-40(39)43(44)50-48(54)34-20-9-4-10-21-34/h2-28,30-31,45-46,49,51H,29H2,1H3. The number of hydrogen-bond acceptors (Lipinski definition) is 5. The zero-order valence-electron chi connectivity index (χ0n) is 29.9. The van der Waals surface area contributed by atoms with Crippen molar-refractivity contribution in [1.82, 2.24) is 19.8 Å². The van der Waals surface area contributed by atoms with E-state index in [0.29, 0.717) is 0 Å². The minimum atomic E-state index is -0.244. The van der Waals surface area contributed by atoms with Crippen LogP contribution in [0.25, 0.3) is 56.1 Å². The van der Waals surface area contributed by atoms with Crippen LogP contribution in [0.15, 0.2) is 175 Å². The zero-order chi connectivity index (χ0) is 36.0. The van der Waals surface area contributed by atoms with Gasteiger partial charge in [-0.3, -0.25) is 9.88 Å². The summed E-state index contributed by atoms with van der Waals surface area (Å²) in [7, 11) is 2.12. The van der Waals surface area contributed by atoms with E-state index in [1.165, 1.54) is 10.9 Å². The van der Waals surface area contributed by atoms with Crippen LogP contribution in [-0.2, 0) is 0 Å². The molecule has 54 heavy (non-hydrogen) atoms. The van der Waals surface area contributed by atoms with Crippen molar-refractivity contribution in [2.75, 3.05) is 18.9 Å². The topological polar surface area (TPSA) is 57.5 Å². The molecule has 2 N–H and O–H groups in total. The monoisotopic (exact) mass is 698 g/mol. The summed E-state index contributed by atoms with van der Waals surface area (Å²) in [6.07, 6.45) is 4.16. The van der Waals surface area contributed by atoms with E-state index in [4.69, 9.17) is 9.98 Å². The van der Waals surface area contributed by atoms with Gasteiger partial charge >= 0.3 is 0 Å². The summed E-state index contributed by atoms with van der Waals surface area (Å²) in [5, 5.41) is 9.86. The second kappa shape index (κ2) is 13.3. The molecule has 2 aliphatic heterocycles. The van der Waals surface area contributed by atoms with E-state index in [0.717, 1.165) is 79.4 Å². The Labute approximate surface area is 314 Å². The van der Waals surface area contributed by atoms with Gasteiger partial charge in [0.1, 0.15) is 24.0 Å². The van der Waals surface area contributed by atoms with E-state index in [-0.39, 0.29) is 12.3 Å². The molecule has 8 aromatic rings. The molecule has 0 amide bonds. The predicted molar refractivity (Wildman–Crippen MR) is 223 cm³/mol. The summed E-state index contributed by atoms with van der Waals surface area (Å²) in [5.41, 5.74) is 12.2. The van der Waals surface area contributed by atoms with E-state index >= 15 is 0 Å². The normalized spacial score (nSPS) is 16.6. The molecule has 6 nitrogen and oxygen atoms in total. The Balaban J connectivity index is 1.11. The second-order valence-corrected chi connectivity index (χ2v) is 13.9. The van der Waals surface area contributed by atoms with Crippen LogP contribution in [0.2, 0.25) is 0 Å². The number of rotatable bonds is 6. The number of aromatic nitrogens is 2. The summed E-state index contributed by atoms with van der Waals surface area (Å²) >= 11 is 0. The van der Waals surface area contributed by atoms with Crippen molar-refractivity contribution in [2.45, 2.75) is 12.3 Å². The number of nitrogens with one attached hydrogen (secondary N) is 2. The van der Waals surface area contributed by atoms with Gasteiger partial charge in [-0.15, -0.1) is 0 Å². The lowest BCUT2D eigenvalue weighted by Gasteiger charge is -2.39. The number of fused-ring (bicyclic) bond motifs is 6. The van der Waals surface area contributed by atoms with Gasteiger partial charge in [-0.2, -0.15) is 0 Å². The number of hydrogen-bond donors (Lipinski definition) is 2. The summed E-state index contributed by atoms with van der Waals surface area (Å²) < 4.78 is 2.35. The molecule has 2 aliphatic rings. The van der Waals surface area contributed by atoms with Crippen LogP contribution in [0, 0.1) is 0 Å². The molecule has 0 fully saturated rings. The van der Waals surface area contributed by atoms with Crippen LogP contribution in [-0.4, -0.2) is 33.9 Å². The largest absolute Gasteiger partial charge is 0.381 e. The lowest BCUT2D eigenvalue weighted by atomic mass is 9.98. The number of anilines is 1. The van der Waals surface area contributed by atoms with Gasteiger partial charge in [-0.05, 0) is 40.5 Å². The van der Waals surface area contributed by atoms with E-state index in [2.05, 4.69) is 203 Å². The van der Waals surface area contributed by atoms with Crippen molar-refractivity contribution in [2.24, 2.45) is 4.99 Å². The molecule has 0 radical (unpaired) electrons. The summed E-state index contributed by atoms with van der Waals surface area (Å²) in [6.45, 7) is 0.795. The van der Waals surface area contributed by atoms with Gasteiger partial charge in [-0.25, -0.2) is 9.98 Å². The maximum atomic E-state index is 5.42. The molecular formula is C48H38N6.